The lowest BCUT2D eigenvalue weighted by atomic mass is 9.89. The van der Waals surface area contributed by atoms with E-state index in [1.54, 1.807) is 0 Å². The third kappa shape index (κ3) is 4.57. The lowest BCUT2D eigenvalue weighted by molar-refractivity contribution is 0.322. The van der Waals surface area contributed by atoms with Crippen LogP contribution in [0.1, 0.15) is 95.2 Å². The number of benzene rings is 1. The van der Waals surface area contributed by atoms with Gasteiger partial charge < -0.3 is 0 Å². The molecule has 1 aromatic rings. The molecule has 0 radical (unpaired) electrons. The van der Waals surface area contributed by atoms with Gasteiger partial charge in [-0.15, -0.1) is 0 Å². The summed E-state index contributed by atoms with van der Waals surface area (Å²) in [7, 11) is -3.54. The summed E-state index contributed by atoms with van der Waals surface area (Å²) in [6, 6.07) is 4.95. The van der Waals surface area contributed by atoms with Gasteiger partial charge in [0.25, 0.3) is 0 Å². The van der Waals surface area contributed by atoms with Crippen LogP contribution in [0.15, 0.2) is 17.0 Å². The minimum Gasteiger partial charge on any atom is -0.299 e. The van der Waals surface area contributed by atoms with Crippen LogP contribution < -0.4 is 4.72 Å². The number of nitrogens with zero attached hydrogens (tertiary/aromatic N) is 1. The maximum absolute atomic E-state index is 13.5. The van der Waals surface area contributed by atoms with E-state index in [9.17, 15) is 8.42 Å². The van der Waals surface area contributed by atoms with Gasteiger partial charge in [-0.2, -0.15) is 0 Å². The summed E-state index contributed by atoms with van der Waals surface area (Å²) in [6.45, 7) is 14.6. The lowest BCUT2D eigenvalue weighted by Gasteiger charge is -2.24. The van der Waals surface area contributed by atoms with E-state index in [0.717, 1.165) is 30.6 Å². The first-order chi connectivity index (χ1) is 12.6. The Bertz CT molecular complexity index is 750. The topological polar surface area (TPSA) is 49.4 Å². The minimum absolute atomic E-state index is 0.0281. The van der Waals surface area contributed by atoms with Crippen molar-refractivity contribution in [1.29, 1.82) is 0 Å². The molecule has 0 aromatic heterocycles. The van der Waals surface area contributed by atoms with Gasteiger partial charge in [0.15, 0.2) is 0 Å². The van der Waals surface area contributed by atoms with E-state index in [0.29, 0.717) is 16.9 Å². The van der Waals surface area contributed by atoms with E-state index in [1.807, 2.05) is 0 Å². The summed E-state index contributed by atoms with van der Waals surface area (Å²) >= 11 is 0. The zero-order valence-electron chi connectivity index (χ0n) is 17.7. The molecule has 5 heteroatoms. The van der Waals surface area contributed by atoms with Crippen LogP contribution in [-0.4, -0.2) is 38.5 Å². The molecule has 1 atom stereocenters. The van der Waals surface area contributed by atoms with Gasteiger partial charge in [-0.3, -0.25) is 4.90 Å². The van der Waals surface area contributed by atoms with Gasteiger partial charge in [-0.05, 0) is 53.7 Å². The Morgan fingerprint density at radius 1 is 0.926 bits per heavy atom. The second-order valence-electron chi connectivity index (χ2n) is 9.33. The molecule has 1 saturated heterocycles. The van der Waals surface area contributed by atoms with Crippen molar-refractivity contribution in [3.63, 3.8) is 0 Å². The van der Waals surface area contributed by atoms with E-state index in [4.69, 9.17) is 0 Å². The molecule has 1 heterocycles. The van der Waals surface area contributed by atoms with Crippen LogP contribution in [-0.2, 0) is 10.0 Å². The first-order valence-electron chi connectivity index (χ1n) is 10.5. The van der Waals surface area contributed by atoms with Crippen molar-refractivity contribution >= 4 is 10.0 Å². The zero-order valence-corrected chi connectivity index (χ0v) is 18.6. The first-order valence-corrected chi connectivity index (χ1v) is 12.0. The molecule has 1 aliphatic heterocycles. The summed E-state index contributed by atoms with van der Waals surface area (Å²) in [5, 5.41) is 0. The van der Waals surface area contributed by atoms with Crippen LogP contribution in [0.2, 0.25) is 0 Å². The van der Waals surface area contributed by atoms with Crippen molar-refractivity contribution in [2.45, 2.75) is 95.5 Å². The summed E-state index contributed by atoms with van der Waals surface area (Å²) in [4.78, 5) is 2.98. The van der Waals surface area contributed by atoms with Crippen LogP contribution in [0, 0.1) is 0 Å². The van der Waals surface area contributed by atoms with E-state index in [2.05, 4.69) is 63.3 Å². The second-order valence-corrected chi connectivity index (χ2v) is 11.0. The molecule has 27 heavy (non-hydrogen) atoms. The lowest BCUT2D eigenvalue weighted by Crippen LogP contribution is -2.38. The SMILES string of the molecule is CC(C)c1cc(C(C)C)c(S(=O)(=O)NC2CCN(C3CC3)C2)c(C(C)C)c1. The highest BCUT2D eigenvalue weighted by Crippen LogP contribution is 2.36. The Morgan fingerprint density at radius 2 is 1.48 bits per heavy atom. The van der Waals surface area contributed by atoms with Crippen LogP contribution in [0.3, 0.4) is 0 Å². The molecule has 0 amide bonds. The standard InChI is InChI=1S/C22H36N2O2S/c1-14(2)17-11-20(15(3)4)22(21(12-17)16(5)6)27(25,26)23-18-9-10-24(13-18)19-7-8-19/h11-12,14-16,18-19,23H,7-10,13H2,1-6H3. The number of hydrogen-bond acceptors (Lipinski definition) is 3. The Kier molecular flexibility index (Phi) is 6.05. The highest BCUT2D eigenvalue weighted by molar-refractivity contribution is 7.89. The molecule has 2 aliphatic rings. The smallest absolute Gasteiger partial charge is 0.241 e. The van der Waals surface area contributed by atoms with E-state index in [1.165, 1.54) is 18.4 Å². The zero-order chi connectivity index (χ0) is 19.9. The predicted molar refractivity (Wildman–Crippen MR) is 112 cm³/mol. The molecule has 1 aromatic carbocycles. The molecule has 1 N–H and O–H groups in total. The van der Waals surface area contributed by atoms with Crippen molar-refractivity contribution in [2.24, 2.45) is 0 Å². The van der Waals surface area contributed by atoms with Crippen LogP contribution >= 0.6 is 0 Å². The van der Waals surface area contributed by atoms with E-state index < -0.39 is 10.0 Å². The molecule has 152 valence electrons. The maximum Gasteiger partial charge on any atom is 0.241 e. The van der Waals surface area contributed by atoms with Crippen LogP contribution in [0.25, 0.3) is 0 Å². The summed E-state index contributed by atoms with van der Waals surface area (Å²) in [6.07, 6.45) is 3.45. The number of sulfonamides is 1. The van der Waals surface area contributed by atoms with Crippen molar-refractivity contribution in [1.82, 2.24) is 9.62 Å². The third-order valence-corrected chi connectivity index (χ3v) is 7.61. The van der Waals surface area contributed by atoms with Gasteiger partial charge in [0.1, 0.15) is 0 Å². The molecule has 1 saturated carbocycles. The quantitative estimate of drug-likeness (QED) is 0.739. The average Bonchev–Trinajstić information content (AvgIpc) is 3.33. The number of rotatable bonds is 7. The van der Waals surface area contributed by atoms with Crippen molar-refractivity contribution in [3.05, 3.63) is 28.8 Å². The van der Waals surface area contributed by atoms with E-state index >= 15 is 0 Å². The molecular weight excluding hydrogens is 356 g/mol. The number of likely N-dealkylation sites (tertiary alicyclic amines) is 1. The predicted octanol–water partition coefficient (Wildman–Crippen LogP) is 4.57. The van der Waals surface area contributed by atoms with Crippen molar-refractivity contribution < 1.29 is 8.42 Å². The monoisotopic (exact) mass is 392 g/mol. The van der Waals surface area contributed by atoms with Gasteiger partial charge in [-0.25, -0.2) is 13.1 Å². The fourth-order valence-electron chi connectivity index (χ4n) is 4.13. The fraction of sp³-hybridized carbons (Fsp3) is 0.727. The Balaban J connectivity index is 1.97. The normalized spacial score (nSPS) is 21.7. The Labute approximate surface area is 165 Å². The van der Waals surface area contributed by atoms with Crippen molar-refractivity contribution in [3.8, 4) is 0 Å². The average molecular weight is 393 g/mol. The van der Waals surface area contributed by atoms with Gasteiger partial charge in [-0.1, -0.05) is 53.7 Å². The van der Waals surface area contributed by atoms with E-state index in [-0.39, 0.29) is 17.9 Å². The number of hydrogen-bond donors (Lipinski definition) is 1. The molecular formula is C22H36N2O2S. The molecule has 3 rings (SSSR count). The van der Waals surface area contributed by atoms with Gasteiger partial charge in [0.05, 0.1) is 4.90 Å². The second kappa shape index (κ2) is 7.84. The molecule has 0 spiro atoms. The van der Waals surface area contributed by atoms with Gasteiger partial charge in [0, 0.05) is 25.2 Å². The van der Waals surface area contributed by atoms with Gasteiger partial charge >= 0.3 is 0 Å². The van der Waals surface area contributed by atoms with Crippen LogP contribution in [0.4, 0.5) is 0 Å². The Morgan fingerprint density at radius 3 is 1.93 bits per heavy atom. The molecule has 4 nitrogen and oxygen atoms in total. The summed E-state index contributed by atoms with van der Waals surface area (Å²) < 4.78 is 30.0. The fourth-order valence-corrected chi connectivity index (χ4v) is 6.09. The first kappa shape index (κ1) is 20.8. The molecule has 0 bridgehead atoms. The largest absolute Gasteiger partial charge is 0.299 e. The van der Waals surface area contributed by atoms with Crippen LogP contribution in [0.5, 0.6) is 0 Å². The minimum atomic E-state index is -3.54. The van der Waals surface area contributed by atoms with Gasteiger partial charge in [0.2, 0.25) is 10.0 Å². The Hall–Kier alpha value is -0.910. The molecule has 1 unspecified atom stereocenters. The maximum atomic E-state index is 13.5. The highest BCUT2D eigenvalue weighted by atomic mass is 32.2. The molecule has 2 fully saturated rings. The molecule has 1 aliphatic carbocycles. The highest BCUT2D eigenvalue weighted by Gasteiger charge is 2.37. The summed E-state index contributed by atoms with van der Waals surface area (Å²) in [5.41, 5.74) is 3.13. The van der Waals surface area contributed by atoms with Crippen molar-refractivity contribution in [2.75, 3.05) is 13.1 Å². The summed E-state index contributed by atoms with van der Waals surface area (Å²) in [5.74, 6) is 0.713. The number of nitrogens with one attached hydrogen (secondary N) is 1. The third-order valence-electron chi connectivity index (χ3n) is 5.95.